The van der Waals surface area contributed by atoms with Crippen molar-refractivity contribution in [2.45, 2.75) is 12.7 Å². The summed E-state index contributed by atoms with van der Waals surface area (Å²) in [5.74, 6) is 0.444. The van der Waals surface area contributed by atoms with Crippen LogP contribution in [0.1, 0.15) is 11.1 Å². The molecule has 1 heterocycles. The number of aromatic nitrogens is 1. The van der Waals surface area contributed by atoms with Crippen LogP contribution in [0.5, 0.6) is 5.88 Å². The number of rotatable bonds is 4. The largest absolute Gasteiger partial charge is 0.480 e. The third-order valence-electron chi connectivity index (χ3n) is 2.73. The summed E-state index contributed by atoms with van der Waals surface area (Å²) in [7, 11) is 1.51. The summed E-state index contributed by atoms with van der Waals surface area (Å²) in [6.07, 6.45) is -2.71. The maximum atomic E-state index is 12.4. The number of ether oxygens (including phenoxy) is 1. The number of pyridine rings is 1. The highest BCUT2D eigenvalue weighted by molar-refractivity contribution is 5.52. The second-order valence-electron chi connectivity index (χ2n) is 4.11. The lowest BCUT2D eigenvalue weighted by Crippen LogP contribution is -2.06. The predicted molar refractivity (Wildman–Crippen MR) is 69.6 cm³/mol. The topological polar surface area (TPSA) is 34.1 Å². The molecule has 2 aromatic rings. The van der Waals surface area contributed by atoms with Crippen LogP contribution in [0.2, 0.25) is 0 Å². The first-order valence-electron chi connectivity index (χ1n) is 5.89. The van der Waals surface area contributed by atoms with Gasteiger partial charge >= 0.3 is 6.18 Å². The molecule has 6 heteroatoms. The fourth-order valence-electron chi connectivity index (χ4n) is 1.70. The second-order valence-corrected chi connectivity index (χ2v) is 4.11. The van der Waals surface area contributed by atoms with E-state index in [1.165, 1.54) is 19.2 Å². The molecule has 0 atom stereocenters. The zero-order valence-electron chi connectivity index (χ0n) is 10.7. The first-order chi connectivity index (χ1) is 9.50. The normalized spacial score (nSPS) is 11.2. The molecule has 106 valence electrons. The van der Waals surface area contributed by atoms with Crippen molar-refractivity contribution in [2.75, 3.05) is 12.4 Å². The first-order valence-corrected chi connectivity index (χ1v) is 5.89. The highest BCUT2D eigenvalue weighted by Gasteiger charge is 2.29. The molecule has 2 rings (SSSR count). The van der Waals surface area contributed by atoms with Crippen molar-refractivity contribution in [2.24, 2.45) is 0 Å². The highest BCUT2D eigenvalue weighted by atomic mass is 19.4. The molecule has 3 nitrogen and oxygen atoms in total. The van der Waals surface area contributed by atoms with Crippen molar-refractivity contribution in [3.05, 3.63) is 53.7 Å². The number of alkyl halides is 3. The van der Waals surface area contributed by atoms with E-state index in [2.05, 4.69) is 10.3 Å². The van der Waals surface area contributed by atoms with Gasteiger partial charge in [0.1, 0.15) is 0 Å². The number of hydrogen-bond acceptors (Lipinski definition) is 3. The van der Waals surface area contributed by atoms with Crippen LogP contribution >= 0.6 is 0 Å². The number of methoxy groups -OCH3 is 1. The van der Waals surface area contributed by atoms with Crippen molar-refractivity contribution in [1.29, 1.82) is 0 Å². The Morgan fingerprint density at radius 1 is 1.15 bits per heavy atom. The van der Waals surface area contributed by atoms with Crippen LogP contribution in [0.4, 0.5) is 18.9 Å². The van der Waals surface area contributed by atoms with Gasteiger partial charge in [0.15, 0.2) is 0 Å². The third-order valence-corrected chi connectivity index (χ3v) is 2.73. The SMILES string of the molecule is COc1ncccc1NCc1ccc(C(F)(F)F)cc1. The van der Waals surface area contributed by atoms with Gasteiger partial charge in [-0.1, -0.05) is 12.1 Å². The minimum atomic E-state index is -4.31. The number of nitrogens with zero attached hydrogens (tertiary/aromatic N) is 1. The number of anilines is 1. The number of benzene rings is 1. The monoisotopic (exact) mass is 282 g/mol. The fraction of sp³-hybridized carbons (Fsp3) is 0.214. The van der Waals surface area contributed by atoms with Crippen LogP contribution in [-0.4, -0.2) is 12.1 Å². The zero-order valence-corrected chi connectivity index (χ0v) is 10.7. The summed E-state index contributed by atoms with van der Waals surface area (Å²) in [5, 5.41) is 3.07. The summed E-state index contributed by atoms with van der Waals surface area (Å²) in [4.78, 5) is 4.02. The molecule has 0 bridgehead atoms. The molecule has 1 N–H and O–H groups in total. The van der Waals surface area contributed by atoms with Gasteiger partial charge in [0, 0.05) is 12.7 Å². The fourth-order valence-corrected chi connectivity index (χ4v) is 1.70. The van der Waals surface area contributed by atoms with E-state index in [0.29, 0.717) is 18.1 Å². The Bertz CT molecular complexity index is 567. The van der Waals surface area contributed by atoms with Gasteiger partial charge in [0.05, 0.1) is 18.4 Å². The van der Waals surface area contributed by atoms with E-state index < -0.39 is 11.7 Å². The van der Waals surface area contributed by atoms with E-state index in [-0.39, 0.29) is 0 Å². The second kappa shape index (κ2) is 5.81. The molecule has 20 heavy (non-hydrogen) atoms. The van der Waals surface area contributed by atoms with Crippen molar-refractivity contribution in [3.63, 3.8) is 0 Å². The maximum Gasteiger partial charge on any atom is 0.416 e. The van der Waals surface area contributed by atoms with Crippen LogP contribution in [0.15, 0.2) is 42.6 Å². The molecule has 0 saturated carbocycles. The molecule has 1 aromatic carbocycles. The van der Waals surface area contributed by atoms with Crippen LogP contribution < -0.4 is 10.1 Å². The van der Waals surface area contributed by atoms with Crippen molar-refractivity contribution >= 4 is 5.69 Å². The van der Waals surface area contributed by atoms with Gasteiger partial charge in [0.25, 0.3) is 0 Å². The van der Waals surface area contributed by atoms with E-state index in [4.69, 9.17) is 4.74 Å². The third kappa shape index (κ3) is 3.40. The first kappa shape index (κ1) is 14.2. The predicted octanol–water partition coefficient (Wildman–Crippen LogP) is 3.72. The molecule has 0 aliphatic heterocycles. The van der Waals surface area contributed by atoms with Gasteiger partial charge < -0.3 is 10.1 Å². The van der Waals surface area contributed by atoms with Gasteiger partial charge in [-0.2, -0.15) is 13.2 Å². The molecule has 0 fully saturated rings. The van der Waals surface area contributed by atoms with Crippen molar-refractivity contribution < 1.29 is 17.9 Å². The summed E-state index contributed by atoms with van der Waals surface area (Å²) in [6.45, 7) is 0.389. The van der Waals surface area contributed by atoms with Gasteiger partial charge in [-0.25, -0.2) is 4.98 Å². The van der Waals surface area contributed by atoms with E-state index in [9.17, 15) is 13.2 Å². The lowest BCUT2D eigenvalue weighted by molar-refractivity contribution is -0.137. The molecular formula is C14H13F3N2O. The van der Waals surface area contributed by atoms with Crippen LogP contribution in [0.25, 0.3) is 0 Å². The van der Waals surface area contributed by atoms with Crippen molar-refractivity contribution in [3.8, 4) is 5.88 Å². The maximum absolute atomic E-state index is 12.4. The Morgan fingerprint density at radius 3 is 2.45 bits per heavy atom. The Morgan fingerprint density at radius 2 is 1.85 bits per heavy atom. The summed E-state index contributed by atoms with van der Waals surface area (Å²) < 4.78 is 42.4. The van der Waals surface area contributed by atoms with Crippen LogP contribution in [0.3, 0.4) is 0 Å². The average molecular weight is 282 g/mol. The molecule has 0 radical (unpaired) electrons. The molecular weight excluding hydrogens is 269 g/mol. The quantitative estimate of drug-likeness (QED) is 0.928. The lowest BCUT2D eigenvalue weighted by Gasteiger charge is -2.11. The Labute approximate surface area is 114 Å². The van der Waals surface area contributed by atoms with E-state index in [1.807, 2.05) is 0 Å². The standard InChI is InChI=1S/C14H13F3N2O/c1-20-13-12(3-2-8-18-13)19-9-10-4-6-11(7-5-10)14(15,16)17/h2-8,19H,9H2,1H3. The Hall–Kier alpha value is -2.24. The Kier molecular flexibility index (Phi) is 4.12. The number of nitrogens with one attached hydrogen (secondary N) is 1. The summed E-state index contributed by atoms with van der Waals surface area (Å²) in [6, 6.07) is 8.56. The average Bonchev–Trinajstić information content (AvgIpc) is 2.45. The molecule has 0 spiro atoms. The highest BCUT2D eigenvalue weighted by Crippen LogP contribution is 2.29. The molecule has 0 saturated heterocycles. The van der Waals surface area contributed by atoms with Gasteiger partial charge in [-0.3, -0.25) is 0 Å². The minimum absolute atomic E-state index is 0.389. The Balaban J connectivity index is 2.04. The lowest BCUT2D eigenvalue weighted by atomic mass is 10.1. The van der Waals surface area contributed by atoms with E-state index >= 15 is 0 Å². The zero-order chi connectivity index (χ0) is 14.6. The summed E-state index contributed by atoms with van der Waals surface area (Å²) in [5.41, 5.74) is 0.777. The smallest absolute Gasteiger partial charge is 0.416 e. The van der Waals surface area contributed by atoms with Gasteiger partial charge in [-0.15, -0.1) is 0 Å². The van der Waals surface area contributed by atoms with Gasteiger partial charge in [-0.05, 0) is 29.8 Å². The molecule has 0 aliphatic rings. The van der Waals surface area contributed by atoms with E-state index in [0.717, 1.165) is 17.7 Å². The summed E-state index contributed by atoms with van der Waals surface area (Å²) >= 11 is 0. The molecule has 0 unspecified atom stereocenters. The van der Waals surface area contributed by atoms with E-state index in [1.54, 1.807) is 18.3 Å². The molecule has 1 aromatic heterocycles. The number of hydrogen-bond donors (Lipinski definition) is 1. The minimum Gasteiger partial charge on any atom is -0.480 e. The van der Waals surface area contributed by atoms with Crippen molar-refractivity contribution in [1.82, 2.24) is 4.98 Å². The van der Waals surface area contributed by atoms with Gasteiger partial charge in [0.2, 0.25) is 5.88 Å². The van der Waals surface area contributed by atoms with Crippen LogP contribution in [0, 0.1) is 0 Å². The number of halogens is 3. The van der Waals surface area contributed by atoms with Crippen LogP contribution in [-0.2, 0) is 12.7 Å². The molecule has 0 aliphatic carbocycles. The molecule has 0 amide bonds.